The largest absolute Gasteiger partial charge is 0.207 e. The minimum atomic E-state index is 1.22. The summed E-state index contributed by atoms with van der Waals surface area (Å²) in [7, 11) is 2.05. The van der Waals surface area contributed by atoms with E-state index >= 15 is 0 Å². The molecule has 0 aliphatic rings. The SMILES string of the molecule is C=C/C=C\C=C(/C)c1cccc[n+]1C.CC. The number of nitrogens with zero attached hydrogens (tertiary/aromatic N) is 1. The van der Waals surface area contributed by atoms with Crippen LogP contribution in [0.1, 0.15) is 26.5 Å². The second-order valence-electron chi connectivity index (χ2n) is 3.17. The van der Waals surface area contributed by atoms with Crippen molar-refractivity contribution in [3.05, 3.63) is 61.0 Å². The second kappa shape index (κ2) is 8.66. The number of allylic oxidation sites excluding steroid dienone is 5. The summed E-state index contributed by atoms with van der Waals surface area (Å²) >= 11 is 0. The first-order valence-corrected chi connectivity index (χ1v) is 5.66. The molecule has 1 heteroatoms. The molecule has 0 saturated carbocycles. The summed E-state index contributed by atoms with van der Waals surface area (Å²) < 4.78 is 2.10. The van der Waals surface area contributed by atoms with Crippen LogP contribution in [0.5, 0.6) is 0 Å². The van der Waals surface area contributed by atoms with Gasteiger partial charge in [-0.1, -0.05) is 44.7 Å². The highest BCUT2D eigenvalue weighted by Gasteiger charge is 2.04. The van der Waals surface area contributed by atoms with Gasteiger partial charge in [0.05, 0.1) is 0 Å². The van der Waals surface area contributed by atoms with Crippen molar-refractivity contribution >= 4 is 5.57 Å². The molecule has 1 aromatic rings. The molecule has 1 rings (SSSR count). The van der Waals surface area contributed by atoms with Gasteiger partial charge in [0.2, 0.25) is 5.69 Å². The second-order valence-corrected chi connectivity index (χ2v) is 3.17. The lowest BCUT2D eigenvalue weighted by Crippen LogP contribution is -2.31. The van der Waals surface area contributed by atoms with E-state index < -0.39 is 0 Å². The molecule has 1 nitrogen and oxygen atoms in total. The standard InChI is InChI=1S/C13H16N.C2H6/c1-4-5-6-9-12(2)13-10-7-8-11-14(13)3;1-2/h4-11H,1H2,2-3H3;1-2H3/q+1;/b6-5-,12-9+;. The Morgan fingerprint density at radius 3 is 2.50 bits per heavy atom. The molecular formula is C15H22N+. The topological polar surface area (TPSA) is 3.88 Å². The average Bonchev–Trinajstić information content (AvgIpc) is 2.32. The summed E-state index contributed by atoms with van der Waals surface area (Å²) in [5, 5.41) is 0. The molecular weight excluding hydrogens is 194 g/mol. The fourth-order valence-corrected chi connectivity index (χ4v) is 1.30. The van der Waals surface area contributed by atoms with Crippen LogP contribution < -0.4 is 4.57 Å². The predicted molar refractivity (Wildman–Crippen MR) is 72.0 cm³/mol. The van der Waals surface area contributed by atoms with Gasteiger partial charge in [0.25, 0.3) is 0 Å². The molecule has 0 saturated heterocycles. The predicted octanol–water partition coefficient (Wildman–Crippen LogP) is 3.68. The minimum Gasteiger partial charge on any atom is -0.201 e. The van der Waals surface area contributed by atoms with E-state index in [9.17, 15) is 0 Å². The van der Waals surface area contributed by atoms with Gasteiger partial charge in [0.15, 0.2) is 6.20 Å². The smallest absolute Gasteiger partial charge is 0.201 e. The Morgan fingerprint density at radius 2 is 1.94 bits per heavy atom. The van der Waals surface area contributed by atoms with Crippen LogP contribution in [-0.4, -0.2) is 0 Å². The van der Waals surface area contributed by atoms with Crippen LogP contribution in [0.15, 0.2) is 55.3 Å². The first-order chi connectivity index (χ1) is 7.75. The Balaban J connectivity index is 0.00000106. The molecule has 1 heterocycles. The maximum Gasteiger partial charge on any atom is 0.207 e. The first-order valence-electron chi connectivity index (χ1n) is 5.66. The summed E-state index contributed by atoms with van der Waals surface area (Å²) in [4.78, 5) is 0. The summed E-state index contributed by atoms with van der Waals surface area (Å²) in [6, 6.07) is 6.17. The van der Waals surface area contributed by atoms with E-state index in [1.54, 1.807) is 6.08 Å². The molecule has 1 aromatic heterocycles. The zero-order valence-corrected chi connectivity index (χ0v) is 10.8. The van der Waals surface area contributed by atoms with E-state index in [4.69, 9.17) is 0 Å². The van der Waals surface area contributed by atoms with E-state index in [0.29, 0.717) is 0 Å². The zero-order valence-electron chi connectivity index (χ0n) is 10.8. The molecule has 0 aliphatic carbocycles. The van der Waals surface area contributed by atoms with Crippen LogP contribution in [0.2, 0.25) is 0 Å². The monoisotopic (exact) mass is 216 g/mol. The fraction of sp³-hybridized carbons (Fsp3) is 0.267. The van der Waals surface area contributed by atoms with Crippen LogP contribution in [0.4, 0.5) is 0 Å². The van der Waals surface area contributed by atoms with Crippen molar-refractivity contribution in [1.29, 1.82) is 0 Å². The lowest BCUT2D eigenvalue weighted by Gasteiger charge is -1.97. The lowest BCUT2D eigenvalue weighted by molar-refractivity contribution is -0.673. The van der Waals surface area contributed by atoms with Crippen molar-refractivity contribution < 1.29 is 4.57 Å². The highest BCUT2D eigenvalue weighted by atomic mass is 14.9. The minimum absolute atomic E-state index is 1.22. The highest BCUT2D eigenvalue weighted by molar-refractivity contribution is 5.59. The molecule has 0 spiro atoms. The Labute approximate surface area is 99.4 Å². The molecule has 0 N–H and O–H groups in total. The third kappa shape index (κ3) is 4.74. The zero-order chi connectivity index (χ0) is 12.4. The van der Waals surface area contributed by atoms with Crippen LogP contribution in [0, 0.1) is 0 Å². The Kier molecular flexibility index (Phi) is 7.78. The number of aromatic nitrogens is 1. The molecule has 16 heavy (non-hydrogen) atoms. The summed E-state index contributed by atoms with van der Waals surface area (Å²) in [6.07, 6.45) is 9.82. The number of pyridine rings is 1. The van der Waals surface area contributed by atoms with E-state index in [-0.39, 0.29) is 0 Å². The molecule has 0 atom stereocenters. The van der Waals surface area contributed by atoms with Crippen molar-refractivity contribution in [1.82, 2.24) is 0 Å². The molecule has 0 aromatic carbocycles. The fourth-order valence-electron chi connectivity index (χ4n) is 1.30. The molecule has 86 valence electrons. The van der Waals surface area contributed by atoms with E-state index in [1.165, 1.54) is 11.3 Å². The number of aryl methyl sites for hydroxylation is 1. The van der Waals surface area contributed by atoms with E-state index in [0.717, 1.165) is 0 Å². The van der Waals surface area contributed by atoms with Gasteiger partial charge in [-0.05, 0) is 13.0 Å². The van der Waals surface area contributed by atoms with Gasteiger partial charge in [-0.3, -0.25) is 0 Å². The van der Waals surface area contributed by atoms with E-state index in [1.807, 2.05) is 51.4 Å². The van der Waals surface area contributed by atoms with Gasteiger partial charge in [-0.2, -0.15) is 0 Å². The van der Waals surface area contributed by atoms with Gasteiger partial charge in [0, 0.05) is 17.7 Å². The number of rotatable bonds is 3. The van der Waals surface area contributed by atoms with Crippen LogP contribution >= 0.6 is 0 Å². The maximum absolute atomic E-state index is 3.63. The molecule has 0 fully saturated rings. The summed E-state index contributed by atoms with van der Waals surface area (Å²) in [5.74, 6) is 0. The molecule has 0 aliphatic heterocycles. The van der Waals surface area contributed by atoms with Crippen molar-refractivity contribution in [3.8, 4) is 0 Å². The maximum atomic E-state index is 3.63. The third-order valence-corrected chi connectivity index (χ3v) is 2.05. The van der Waals surface area contributed by atoms with Crippen molar-refractivity contribution in [2.24, 2.45) is 7.05 Å². The number of hydrogen-bond donors (Lipinski definition) is 0. The van der Waals surface area contributed by atoms with Crippen molar-refractivity contribution in [3.63, 3.8) is 0 Å². The lowest BCUT2D eigenvalue weighted by atomic mass is 10.1. The van der Waals surface area contributed by atoms with Gasteiger partial charge in [0.1, 0.15) is 7.05 Å². The normalized spacial score (nSPS) is 10.9. The van der Waals surface area contributed by atoms with Gasteiger partial charge in [-0.25, -0.2) is 4.57 Å². The summed E-state index contributed by atoms with van der Waals surface area (Å²) in [6.45, 7) is 9.73. The molecule has 0 amide bonds. The Hall–Kier alpha value is -1.63. The molecule has 0 radical (unpaired) electrons. The first kappa shape index (κ1) is 14.4. The van der Waals surface area contributed by atoms with Gasteiger partial charge < -0.3 is 0 Å². The van der Waals surface area contributed by atoms with Gasteiger partial charge in [-0.15, -0.1) is 0 Å². The van der Waals surface area contributed by atoms with Crippen molar-refractivity contribution in [2.75, 3.05) is 0 Å². The van der Waals surface area contributed by atoms with E-state index in [2.05, 4.69) is 30.2 Å². The Morgan fingerprint density at radius 1 is 1.25 bits per heavy atom. The van der Waals surface area contributed by atoms with Crippen LogP contribution in [0.3, 0.4) is 0 Å². The summed E-state index contributed by atoms with van der Waals surface area (Å²) in [5.41, 5.74) is 2.47. The molecule has 0 unspecified atom stereocenters. The average molecular weight is 216 g/mol. The number of hydrogen-bond acceptors (Lipinski definition) is 0. The quantitative estimate of drug-likeness (QED) is 0.536. The van der Waals surface area contributed by atoms with Crippen LogP contribution in [-0.2, 0) is 7.05 Å². The Bertz CT molecular complexity index is 373. The van der Waals surface area contributed by atoms with Crippen molar-refractivity contribution in [2.45, 2.75) is 20.8 Å². The third-order valence-electron chi connectivity index (χ3n) is 2.05. The highest BCUT2D eigenvalue weighted by Crippen LogP contribution is 2.07. The van der Waals surface area contributed by atoms with Crippen LogP contribution in [0.25, 0.3) is 5.57 Å². The van der Waals surface area contributed by atoms with Gasteiger partial charge >= 0.3 is 0 Å². The molecule has 0 bridgehead atoms.